The summed E-state index contributed by atoms with van der Waals surface area (Å²) < 4.78 is 1.03. The van der Waals surface area contributed by atoms with Gasteiger partial charge in [-0.1, -0.05) is 13.8 Å². The summed E-state index contributed by atoms with van der Waals surface area (Å²) in [4.78, 5) is 29.4. The Morgan fingerprint density at radius 3 is 2.83 bits per heavy atom. The first-order valence-electron chi connectivity index (χ1n) is 7.35. The molecule has 0 fully saturated rings. The minimum atomic E-state index is -0.420. The zero-order chi connectivity index (χ0) is 16.6. The Morgan fingerprint density at radius 2 is 2.13 bits per heavy atom. The minimum Gasteiger partial charge on any atom is -0.395 e. The molecule has 0 saturated heterocycles. The van der Waals surface area contributed by atoms with Crippen molar-refractivity contribution in [3.05, 3.63) is 35.0 Å². The fourth-order valence-corrected chi connectivity index (χ4v) is 3.34. The molecule has 0 aliphatic carbocycles. The van der Waals surface area contributed by atoms with Crippen molar-refractivity contribution in [2.75, 3.05) is 18.5 Å². The third-order valence-corrected chi connectivity index (χ3v) is 4.83. The minimum absolute atomic E-state index is 0.00494. The molecule has 2 heterocycles. The normalized spacial score (nSPS) is 15.0. The molecule has 0 bridgehead atoms. The third-order valence-electron chi connectivity index (χ3n) is 3.51. The zero-order valence-electron chi connectivity index (χ0n) is 12.9. The van der Waals surface area contributed by atoms with Crippen LogP contribution in [-0.4, -0.2) is 40.0 Å². The van der Waals surface area contributed by atoms with Gasteiger partial charge in [-0.3, -0.25) is 14.5 Å². The zero-order valence-corrected chi connectivity index (χ0v) is 13.7. The molecular formula is C16H17N3O3S. The second-order valence-electron chi connectivity index (χ2n) is 5.59. The van der Waals surface area contributed by atoms with Crippen LogP contribution >= 0.6 is 11.3 Å². The molecule has 6 nitrogen and oxygen atoms in total. The number of amides is 2. The predicted octanol–water partition coefficient (Wildman–Crippen LogP) is 2.08. The number of hydrogen-bond donors (Lipinski definition) is 2. The lowest BCUT2D eigenvalue weighted by atomic mass is 10.2. The Labute approximate surface area is 137 Å². The Morgan fingerprint density at radius 1 is 1.35 bits per heavy atom. The SMILES string of the molecule is CC(C)c1nc2ccc(NC3=CC(=O)N(CCO)C3=O)cc2s1. The molecule has 0 spiro atoms. The van der Waals surface area contributed by atoms with Crippen molar-refractivity contribution in [2.45, 2.75) is 19.8 Å². The summed E-state index contributed by atoms with van der Waals surface area (Å²) in [6.07, 6.45) is 1.26. The number of imide groups is 1. The van der Waals surface area contributed by atoms with Crippen molar-refractivity contribution in [2.24, 2.45) is 0 Å². The van der Waals surface area contributed by atoms with E-state index in [9.17, 15) is 9.59 Å². The molecule has 2 N–H and O–H groups in total. The topological polar surface area (TPSA) is 82.5 Å². The molecule has 0 atom stereocenters. The Kier molecular flexibility index (Phi) is 4.14. The molecule has 3 rings (SSSR count). The molecule has 1 aromatic heterocycles. The number of aliphatic hydroxyl groups is 1. The standard InChI is InChI=1S/C16H17N3O3S/c1-9(2)15-18-11-4-3-10(7-13(11)23-15)17-12-8-14(21)19(5-6-20)16(12)22/h3-4,7-9,17,20H,5-6H2,1-2H3. The number of benzene rings is 1. The summed E-state index contributed by atoms with van der Waals surface area (Å²) in [5, 5.41) is 13.0. The van der Waals surface area contributed by atoms with Crippen LogP contribution in [0.1, 0.15) is 24.8 Å². The van der Waals surface area contributed by atoms with E-state index in [4.69, 9.17) is 5.11 Å². The van der Waals surface area contributed by atoms with Crippen molar-refractivity contribution in [1.82, 2.24) is 9.88 Å². The van der Waals surface area contributed by atoms with Gasteiger partial charge in [0.15, 0.2) is 0 Å². The number of fused-ring (bicyclic) bond motifs is 1. The van der Waals surface area contributed by atoms with Crippen LogP contribution < -0.4 is 5.32 Å². The number of anilines is 1. The fraction of sp³-hybridized carbons (Fsp3) is 0.312. The Balaban J connectivity index is 1.83. The first kappa shape index (κ1) is 15.6. The van der Waals surface area contributed by atoms with Gasteiger partial charge in [-0.05, 0) is 18.2 Å². The van der Waals surface area contributed by atoms with Crippen LogP contribution in [0.5, 0.6) is 0 Å². The largest absolute Gasteiger partial charge is 0.395 e. The van der Waals surface area contributed by atoms with Gasteiger partial charge in [0.25, 0.3) is 11.8 Å². The second kappa shape index (κ2) is 6.10. The van der Waals surface area contributed by atoms with E-state index < -0.39 is 11.8 Å². The van der Waals surface area contributed by atoms with Gasteiger partial charge in [0.05, 0.1) is 28.4 Å². The maximum Gasteiger partial charge on any atom is 0.277 e. The van der Waals surface area contributed by atoms with Crippen molar-refractivity contribution in [3.63, 3.8) is 0 Å². The average Bonchev–Trinajstić information content (AvgIpc) is 3.04. The van der Waals surface area contributed by atoms with Crippen LogP contribution in [0.15, 0.2) is 30.0 Å². The predicted molar refractivity (Wildman–Crippen MR) is 89.2 cm³/mol. The molecule has 2 aromatic rings. The fourth-order valence-electron chi connectivity index (χ4n) is 2.33. The number of carbonyl (C=O) groups excluding carboxylic acids is 2. The van der Waals surface area contributed by atoms with E-state index in [1.807, 2.05) is 18.2 Å². The molecular weight excluding hydrogens is 314 g/mol. The summed E-state index contributed by atoms with van der Waals surface area (Å²) in [6.45, 7) is 3.95. The summed E-state index contributed by atoms with van der Waals surface area (Å²) in [5.74, 6) is -0.462. The summed E-state index contributed by atoms with van der Waals surface area (Å²) in [7, 11) is 0. The van der Waals surface area contributed by atoms with Gasteiger partial charge in [-0.25, -0.2) is 4.98 Å². The number of carbonyl (C=O) groups is 2. The number of rotatable bonds is 5. The van der Waals surface area contributed by atoms with E-state index in [0.29, 0.717) is 5.92 Å². The van der Waals surface area contributed by atoms with E-state index in [0.717, 1.165) is 25.8 Å². The molecule has 0 radical (unpaired) electrons. The quantitative estimate of drug-likeness (QED) is 0.820. The van der Waals surface area contributed by atoms with Crippen LogP contribution in [0.4, 0.5) is 5.69 Å². The number of β-amino-alcohol motifs (C(OH)–C–C–N with tert-alkyl or cyclic N) is 1. The molecule has 1 aromatic carbocycles. The van der Waals surface area contributed by atoms with Gasteiger partial charge in [-0.2, -0.15) is 0 Å². The van der Waals surface area contributed by atoms with Crippen LogP contribution in [0.25, 0.3) is 10.2 Å². The molecule has 23 heavy (non-hydrogen) atoms. The van der Waals surface area contributed by atoms with Gasteiger partial charge in [0, 0.05) is 17.7 Å². The van der Waals surface area contributed by atoms with Crippen LogP contribution in [0.3, 0.4) is 0 Å². The first-order valence-corrected chi connectivity index (χ1v) is 8.17. The molecule has 120 valence electrons. The summed E-state index contributed by atoms with van der Waals surface area (Å²) in [6, 6.07) is 5.65. The van der Waals surface area contributed by atoms with Gasteiger partial charge in [-0.15, -0.1) is 11.3 Å². The highest BCUT2D eigenvalue weighted by molar-refractivity contribution is 7.18. The lowest BCUT2D eigenvalue weighted by Crippen LogP contribution is -2.34. The lowest BCUT2D eigenvalue weighted by Gasteiger charge is -2.13. The number of hydrogen-bond acceptors (Lipinski definition) is 6. The van der Waals surface area contributed by atoms with Crippen molar-refractivity contribution < 1.29 is 14.7 Å². The molecule has 0 saturated carbocycles. The van der Waals surface area contributed by atoms with Crippen molar-refractivity contribution >= 4 is 39.1 Å². The van der Waals surface area contributed by atoms with E-state index in [2.05, 4.69) is 24.1 Å². The highest BCUT2D eigenvalue weighted by Crippen LogP contribution is 2.30. The Bertz CT molecular complexity index is 810. The summed E-state index contributed by atoms with van der Waals surface area (Å²) in [5.41, 5.74) is 1.88. The van der Waals surface area contributed by atoms with E-state index in [1.54, 1.807) is 11.3 Å². The second-order valence-corrected chi connectivity index (χ2v) is 6.65. The number of nitrogens with one attached hydrogen (secondary N) is 1. The van der Waals surface area contributed by atoms with Gasteiger partial charge < -0.3 is 10.4 Å². The van der Waals surface area contributed by atoms with Crippen molar-refractivity contribution in [1.29, 1.82) is 0 Å². The van der Waals surface area contributed by atoms with E-state index in [-0.39, 0.29) is 18.8 Å². The molecule has 1 aliphatic heterocycles. The lowest BCUT2D eigenvalue weighted by molar-refractivity contribution is -0.137. The molecule has 1 aliphatic rings. The van der Waals surface area contributed by atoms with Gasteiger partial charge in [0.1, 0.15) is 5.70 Å². The maximum atomic E-state index is 12.1. The average molecular weight is 331 g/mol. The van der Waals surface area contributed by atoms with E-state index >= 15 is 0 Å². The highest BCUT2D eigenvalue weighted by Gasteiger charge is 2.30. The van der Waals surface area contributed by atoms with Gasteiger partial charge in [0.2, 0.25) is 0 Å². The van der Waals surface area contributed by atoms with E-state index in [1.165, 1.54) is 6.08 Å². The smallest absolute Gasteiger partial charge is 0.277 e. The number of thiazole rings is 1. The first-order chi connectivity index (χ1) is 11.0. The monoisotopic (exact) mass is 331 g/mol. The molecule has 7 heteroatoms. The third kappa shape index (κ3) is 2.97. The molecule has 2 amide bonds. The van der Waals surface area contributed by atoms with Gasteiger partial charge >= 0.3 is 0 Å². The van der Waals surface area contributed by atoms with Crippen LogP contribution in [-0.2, 0) is 9.59 Å². The van der Waals surface area contributed by atoms with Crippen molar-refractivity contribution in [3.8, 4) is 0 Å². The number of aliphatic hydroxyl groups excluding tert-OH is 1. The molecule has 0 unspecified atom stereocenters. The van der Waals surface area contributed by atoms with Crippen LogP contribution in [0.2, 0.25) is 0 Å². The maximum absolute atomic E-state index is 12.1. The number of nitrogens with zero attached hydrogens (tertiary/aromatic N) is 2. The highest BCUT2D eigenvalue weighted by atomic mass is 32.1. The number of aromatic nitrogens is 1. The van der Waals surface area contributed by atoms with Crippen LogP contribution in [0, 0.1) is 0 Å². The summed E-state index contributed by atoms with van der Waals surface area (Å²) >= 11 is 1.62. The Hall–Kier alpha value is -2.25.